The van der Waals surface area contributed by atoms with E-state index in [2.05, 4.69) is 20.8 Å². The van der Waals surface area contributed by atoms with Crippen molar-refractivity contribution in [1.82, 2.24) is 15.5 Å². The maximum absolute atomic E-state index is 12.2. The highest BCUT2D eigenvalue weighted by atomic mass is 35.5. The van der Waals surface area contributed by atoms with E-state index in [1.807, 2.05) is 48.5 Å². The van der Waals surface area contributed by atoms with Crippen LogP contribution in [0.5, 0.6) is 5.75 Å². The maximum Gasteiger partial charge on any atom is 0.271 e. The summed E-state index contributed by atoms with van der Waals surface area (Å²) in [6.07, 6.45) is 0.723. The molecule has 0 atom stereocenters. The molecule has 2 N–H and O–H groups in total. The fourth-order valence-corrected chi connectivity index (χ4v) is 2.78. The van der Waals surface area contributed by atoms with E-state index in [9.17, 15) is 4.79 Å². The maximum atomic E-state index is 12.2. The van der Waals surface area contributed by atoms with Crippen molar-refractivity contribution in [3.8, 4) is 5.75 Å². The van der Waals surface area contributed by atoms with Gasteiger partial charge in [-0.2, -0.15) is 0 Å². The molecule has 3 rings (SSSR count). The molecule has 7 heteroatoms. The first-order valence-electron chi connectivity index (χ1n) is 8.88. The van der Waals surface area contributed by atoms with Gasteiger partial charge in [0.15, 0.2) is 5.69 Å². The van der Waals surface area contributed by atoms with Crippen LogP contribution in [0.25, 0.3) is 0 Å². The van der Waals surface area contributed by atoms with Gasteiger partial charge in [0.05, 0.1) is 7.11 Å². The van der Waals surface area contributed by atoms with Crippen molar-refractivity contribution in [2.75, 3.05) is 19.0 Å². The fourth-order valence-electron chi connectivity index (χ4n) is 2.58. The Kier molecular flexibility index (Phi) is 6.81. The monoisotopic (exact) mass is 396 g/mol. The number of nitrogens with zero attached hydrogens (tertiary/aromatic N) is 2. The van der Waals surface area contributed by atoms with Crippen LogP contribution in [0, 0.1) is 0 Å². The zero-order valence-electron chi connectivity index (χ0n) is 15.5. The van der Waals surface area contributed by atoms with Crippen LogP contribution in [0.2, 0.25) is 5.02 Å². The van der Waals surface area contributed by atoms with Gasteiger partial charge in [-0.25, -0.2) is 0 Å². The van der Waals surface area contributed by atoms with Gasteiger partial charge in [0.1, 0.15) is 11.6 Å². The Morgan fingerprint density at radius 1 is 1.04 bits per heavy atom. The van der Waals surface area contributed by atoms with Gasteiger partial charge in [0, 0.05) is 18.1 Å². The molecule has 0 fully saturated rings. The summed E-state index contributed by atoms with van der Waals surface area (Å²) in [5, 5.41) is 14.7. The number of methoxy groups -OCH3 is 1. The molecule has 0 aliphatic rings. The van der Waals surface area contributed by atoms with Crippen molar-refractivity contribution in [3.63, 3.8) is 0 Å². The number of ether oxygens (including phenoxy) is 1. The molecule has 0 radical (unpaired) electrons. The summed E-state index contributed by atoms with van der Waals surface area (Å²) in [6.45, 7) is 1.04. The summed E-state index contributed by atoms with van der Waals surface area (Å²) in [7, 11) is 1.63. The van der Waals surface area contributed by atoms with Gasteiger partial charge >= 0.3 is 0 Å². The lowest BCUT2D eigenvalue weighted by Crippen LogP contribution is -2.26. The number of hydrogen-bond donors (Lipinski definition) is 2. The Labute approximate surface area is 168 Å². The van der Waals surface area contributed by atoms with Gasteiger partial charge in [-0.05, 0) is 47.9 Å². The second kappa shape index (κ2) is 9.71. The van der Waals surface area contributed by atoms with E-state index < -0.39 is 0 Å². The van der Waals surface area contributed by atoms with Crippen LogP contribution in [0.15, 0.2) is 60.7 Å². The van der Waals surface area contributed by atoms with Crippen LogP contribution in [-0.4, -0.2) is 29.8 Å². The number of nitrogens with one attached hydrogen (secondary N) is 2. The topological polar surface area (TPSA) is 76.1 Å². The molecule has 3 aromatic rings. The summed E-state index contributed by atoms with van der Waals surface area (Å²) in [5.41, 5.74) is 2.36. The standard InChI is InChI=1S/C21H21ClN4O2/c1-28-17-8-6-15(7-9-17)12-13-23-21(27)19-10-11-20(26-25-19)24-14-16-4-2-3-5-18(16)22/h2-11H,12-14H2,1H3,(H,23,27)(H,24,26). The largest absolute Gasteiger partial charge is 0.497 e. The van der Waals surface area contributed by atoms with Crippen molar-refractivity contribution in [3.05, 3.63) is 82.5 Å². The Morgan fingerprint density at radius 3 is 2.50 bits per heavy atom. The van der Waals surface area contributed by atoms with Crippen LogP contribution < -0.4 is 15.4 Å². The van der Waals surface area contributed by atoms with Crippen LogP contribution >= 0.6 is 11.6 Å². The average Bonchev–Trinajstić information content (AvgIpc) is 2.74. The minimum Gasteiger partial charge on any atom is -0.497 e. The van der Waals surface area contributed by atoms with E-state index in [0.29, 0.717) is 23.9 Å². The third-order valence-electron chi connectivity index (χ3n) is 4.17. The van der Waals surface area contributed by atoms with Gasteiger partial charge in [-0.15, -0.1) is 10.2 Å². The number of amides is 1. The van der Waals surface area contributed by atoms with Gasteiger partial charge in [0.25, 0.3) is 5.91 Å². The van der Waals surface area contributed by atoms with Crippen LogP contribution in [-0.2, 0) is 13.0 Å². The number of rotatable bonds is 8. The molecule has 144 valence electrons. The number of benzene rings is 2. The summed E-state index contributed by atoms with van der Waals surface area (Å²) in [6, 6.07) is 18.7. The average molecular weight is 397 g/mol. The predicted octanol–water partition coefficient (Wildman–Crippen LogP) is 3.72. The van der Waals surface area contributed by atoms with Gasteiger partial charge in [-0.1, -0.05) is 41.9 Å². The smallest absolute Gasteiger partial charge is 0.271 e. The third kappa shape index (κ3) is 5.44. The molecule has 1 aromatic heterocycles. The van der Waals surface area contributed by atoms with Crippen molar-refractivity contribution >= 4 is 23.3 Å². The lowest BCUT2D eigenvalue weighted by Gasteiger charge is -2.08. The third-order valence-corrected chi connectivity index (χ3v) is 4.54. The molecule has 2 aromatic carbocycles. The van der Waals surface area contributed by atoms with Crippen molar-refractivity contribution < 1.29 is 9.53 Å². The van der Waals surface area contributed by atoms with E-state index in [1.54, 1.807) is 19.2 Å². The van der Waals surface area contributed by atoms with Crippen molar-refractivity contribution in [1.29, 1.82) is 0 Å². The minimum absolute atomic E-state index is 0.251. The first kappa shape index (κ1) is 19.6. The summed E-state index contributed by atoms with van der Waals surface area (Å²) in [4.78, 5) is 12.2. The van der Waals surface area contributed by atoms with Crippen LogP contribution in [0.4, 0.5) is 5.82 Å². The molecular formula is C21H21ClN4O2. The van der Waals surface area contributed by atoms with Crippen molar-refractivity contribution in [2.45, 2.75) is 13.0 Å². The lowest BCUT2D eigenvalue weighted by molar-refractivity contribution is 0.0948. The summed E-state index contributed by atoms with van der Waals surface area (Å²) in [5.74, 6) is 1.14. The number of halogens is 1. The molecule has 1 amide bonds. The molecule has 6 nitrogen and oxygen atoms in total. The molecule has 0 aliphatic carbocycles. The van der Waals surface area contributed by atoms with E-state index in [1.165, 1.54) is 0 Å². The first-order valence-corrected chi connectivity index (χ1v) is 9.25. The zero-order chi connectivity index (χ0) is 19.8. The van der Waals surface area contributed by atoms with E-state index in [-0.39, 0.29) is 11.6 Å². The highest BCUT2D eigenvalue weighted by molar-refractivity contribution is 6.31. The molecule has 0 bridgehead atoms. The number of hydrogen-bond acceptors (Lipinski definition) is 5. The fraction of sp³-hybridized carbons (Fsp3) is 0.190. The molecule has 0 saturated heterocycles. The molecule has 0 aliphatic heterocycles. The minimum atomic E-state index is -0.251. The number of anilines is 1. The number of carbonyl (C=O) groups excluding carboxylic acids is 1. The van der Waals surface area contributed by atoms with E-state index in [4.69, 9.17) is 16.3 Å². The zero-order valence-corrected chi connectivity index (χ0v) is 16.2. The molecular weight excluding hydrogens is 376 g/mol. The van der Waals surface area contributed by atoms with Crippen molar-refractivity contribution in [2.24, 2.45) is 0 Å². The van der Waals surface area contributed by atoms with E-state index in [0.717, 1.165) is 23.3 Å². The van der Waals surface area contributed by atoms with Gasteiger partial charge in [-0.3, -0.25) is 4.79 Å². The number of aromatic nitrogens is 2. The first-order chi connectivity index (χ1) is 13.7. The SMILES string of the molecule is COc1ccc(CCNC(=O)c2ccc(NCc3ccccc3Cl)nn2)cc1. The second-order valence-electron chi connectivity index (χ2n) is 6.10. The summed E-state index contributed by atoms with van der Waals surface area (Å²) < 4.78 is 5.13. The molecule has 1 heterocycles. The highest BCUT2D eigenvalue weighted by Gasteiger charge is 2.08. The predicted molar refractivity (Wildman–Crippen MR) is 110 cm³/mol. The molecule has 0 spiro atoms. The molecule has 0 saturated carbocycles. The number of carbonyl (C=O) groups is 1. The quantitative estimate of drug-likeness (QED) is 0.606. The second-order valence-corrected chi connectivity index (χ2v) is 6.51. The Hall–Kier alpha value is -3.12. The lowest BCUT2D eigenvalue weighted by atomic mass is 10.1. The van der Waals surface area contributed by atoms with Gasteiger partial charge < -0.3 is 15.4 Å². The normalized spacial score (nSPS) is 10.4. The van der Waals surface area contributed by atoms with Crippen LogP contribution in [0.3, 0.4) is 0 Å². The Balaban J connectivity index is 1.47. The van der Waals surface area contributed by atoms with Gasteiger partial charge in [0.2, 0.25) is 0 Å². The highest BCUT2D eigenvalue weighted by Crippen LogP contribution is 2.16. The van der Waals surface area contributed by atoms with Crippen LogP contribution in [0.1, 0.15) is 21.6 Å². The molecule has 0 unspecified atom stereocenters. The Bertz CT molecular complexity index is 914. The van der Waals surface area contributed by atoms with E-state index >= 15 is 0 Å². The summed E-state index contributed by atoms with van der Waals surface area (Å²) >= 11 is 6.13. The molecule has 28 heavy (non-hydrogen) atoms. The Morgan fingerprint density at radius 2 is 1.82 bits per heavy atom.